The lowest BCUT2D eigenvalue weighted by Gasteiger charge is -2.32. The van der Waals surface area contributed by atoms with E-state index in [2.05, 4.69) is 5.32 Å². The van der Waals surface area contributed by atoms with Crippen molar-refractivity contribution in [2.75, 3.05) is 5.32 Å². The first kappa shape index (κ1) is 25.9. The van der Waals surface area contributed by atoms with E-state index in [0.29, 0.717) is 41.3 Å². The molecule has 1 heterocycles. The van der Waals surface area contributed by atoms with Gasteiger partial charge in [0, 0.05) is 23.1 Å². The van der Waals surface area contributed by atoms with Crippen molar-refractivity contribution in [2.24, 2.45) is 0 Å². The summed E-state index contributed by atoms with van der Waals surface area (Å²) in [5.74, 6) is -2.05. The molecule has 2 N–H and O–H groups in total. The quantitative estimate of drug-likeness (QED) is 0.298. The van der Waals surface area contributed by atoms with Crippen LogP contribution < -0.4 is 5.32 Å². The predicted molar refractivity (Wildman–Crippen MR) is 131 cm³/mol. The molecule has 5 nitrogen and oxygen atoms in total. The minimum absolute atomic E-state index is 0.0590. The van der Waals surface area contributed by atoms with Crippen LogP contribution in [0.15, 0.2) is 60.7 Å². The molecule has 0 spiro atoms. The number of carbonyl (C=O) groups is 2. The summed E-state index contributed by atoms with van der Waals surface area (Å²) in [6, 6.07) is 14.0. The Morgan fingerprint density at radius 1 is 1.05 bits per heavy atom. The number of anilines is 1. The number of esters is 1. The summed E-state index contributed by atoms with van der Waals surface area (Å²) in [7, 11) is 0. The maximum Gasteiger partial charge on any atom is 0.416 e. The molecule has 1 atom stereocenters. The molecule has 0 aromatic heterocycles. The van der Waals surface area contributed by atoms with Crippen molar-refractivity contribution in [3.05, 3.63) is 99.9 Å². The Morgan fingerprint density at radius 3 is 2.42 bits per heavy atom. The van der Waals surface area contributed by atoms with Gasteiger partial charge in [0.05, 0.1) is 11.1 Å². The van der Waals surface area contributed by atoms with Gasteiger partial charge in [0.1, 0.15) is 18.0 Å². The molecule has 0 bridgehead atoms. The summed E-state index contributed by atoms with van der Waals surface area (Å²) in [6.07, 6.45) is -4.41. The minimum atomic E-state index is -4.66. The zero-order valence-corrected chi connectivity index (χ0v) is 20.5. The van der Waals surface area contributed by atoms with Crippen LogP contribution in [0.5, 0.6) is 0 Å². The number of rotatable bonds is 7. The second kappa shape index (κ2) is 9.23. The average Bonchev–Trinajstić information content (AvgIpc) is 3.53. The number of fused-ring (bicyclic) bond motifs is 1. The van der Waals surface area contributed by atoms with Gasteiger partial charge in [0.25, 0.3) is 5.91 Å². The molecule has 0 radical (unpaired) electrons. The van der Waals surface area contributed by atoms with Crippen molar-refractivity contribution in [1.29, 1.82) is 0 Å². The van der Waals surface area contributed by atoms with Crippen molar-refractivity contribution < 1.29 is 37.0 Å². The van der Waals surface area contributed by atoms with Crippen LogP contribution in [0.3, 0.4) is 0 Å². The highest BCUT2D eigenvalue weighted by atomic mass is 19.4. The van der Waals surface area contributed by atoms with Gasteiger partial charge in [-0.1, -0.05) is 29.8 Å². The van der Waals surface area contributed by atoms with Crippen LogP contribution in [0, 0.1) is 12.7 Å². The predicted octanol–water partition coefficient (Wildman–Crippen LogP) is 5.86. The molecule has 9 heteroatoms. The van der Waals surface area contributed by atoms with E-state index in [1.54, 1.807) is 18.2 Å². The Balaban J connectivity index is 1.48. The Labute approximate surface area is 216 Å². The molecule has 1 unspecified atom stereocenters. The smallest absolute Gasteiger partial charge is 0.416 e. The van der Waals surface area contributed by atoms with Crippen LogP contribution >= 0.6 is 0 Å². The molecule has 1 fully saturated rings. The number of cyclic esters (lactones) is 1. The number of aliphatic hydroxyl groups is 1. The summed E-state index contributed by atoms with van der Waals surface area (Å²) in [5, 5.41) is 14.5. The molecule has 0 saturated heterocycles. The lowest BCUT2D eigenvalue weighted by atomic mass is 9.78. The largest absolute Gasteiger partial charge is 0.457 e. The van der Waals surface area contributed by atoms with Crippen molar-refractivity contribution in [3.63, 3.8) is 0 Å². The number of aryl methyl sites for hydroxylation is 1. The van der Waals surface area contributed by atoms with E-state index in [0.717, 1.165) is 17.7 Å². The number of halogens is 4. The molecule has 198 valence electrons. The monoisotopic (exact) mass is 527 g/mol. The van der Waals surface area contributed by atoms with Gasteiger partial charge >= 0.3 is 12.1 Å². The van der Waals surface area contributed by atoms with Gasteiger partial charge in [-0.25, -0.2) is 9.18 Å². The van der Waals surface area contributed by atoms with Gasteiger partial charge in [0.15, 0.2) is 0 Å². The Kier molecular flexibility index (Phi) is 6.30. The first-order chi connectivity index (χ1) is 17.9. The Hall–Kier alpha value is -3.72. The van der Waals surface area contributed by atoms with Crippen LogP contribution in [0.4, 0.5) is 23.2 Å². The highest BCUT2D eigenvalue weighted by Gasteiger charge is 2.54. The molecule has 2 aliphatic rings. The Morgan fingerprint density at radius 2 is 1.76 bits per heavy atom. The highest BCUT2D eigenvalue weighted by Crippen LogP contribution is 2.55. The zero-order valence-electron chi connectivity index (χ0n) is 20.5. The topological polar surface area (TPSA) is 75.6 Å². The summed E-state index contributed by atoms with van der Waals surface area (Å²) >= 11 is 0. The molecule has 5 rings (SSSR count). The van der Waals surface area contributed by atoms with Crippen LogP contribution in [-0.2, 0) is 34.2 Å². The third-order valence-electron chi connectivity index (χ3n) is 7.33. The maximum atomic E-state index is 14.9. The van der Waals surface area contributed by atoms with Gasteiger partial charge in [-0.3, -0.25) is 4.79 Å². The number of benzene rings is 3. The summed E-state index contributed by atoms with van der Waals surface area (Å²) in [6.45, 7) is 1.95. The number of hydrogen-bond donors (Lipinski definition) is 2. The van der Waals surface area contributed by atoms with Crippen molar-refractivity contribution in [1.82, 2.24) is 0 Å². The fourth-order valence-electron chi connectivity index (χ4n) is 5.09. The molecule has 1 aliphatic carbocycles. The molecular formula is C29H25F4NO4. The van der Waals surface area contributed by atoms with Crippen molar-refractivity contribution >= 4 is 17.6 Å². The highest BCUT2D eigenvalue weighted by molar-refractivity contribution is 5.99. The molecular weight excluding hydrogens is 502 g/mol. The molecule has 3 aromatic carbocycles. The Bertz CT molecular complexity index is 1410. The fourth-order valence-corrected chi connectivity index (χ4v) is 5.09. The number of carbonyl (C=O) groups excluding carboxylic acids is 2. The molecule has 1 amide bonds. The summed E-state index contributed by atoms with van der Waals surface area (Å²) < 4.78 is 60.0. The summed E-state index contributed by atoms with van der Waals surface area (Å²) in [5.41, 5.74) is -1.43. The SMILES string of the molecule is Cc1ccc(CC(O)(CC2(c3cc(C(F)(F)F)ccc3F)CC2)C(=O)Nc2ccc3c(c2)COC3=O)cc1. The van der Waals surface area contributed by atoms with Crippen LogP contribution in [0.25, 0.3) is 0 Å². The lowest BCUT2D eigenvalue weighted by molar-refractivity contribution is -0.138. The number of ether oxygens (including phenoxy) is 1. The summed E-state index contributed by atoms with van der Waals surface area (Å²) in [4.78, 5) is 25.3. The van der Waals surface area contributed by atoms with Gasteiger partial charge in [0.2, 0.25) is 0 Å². The standard InChI is InChI=1S/C29H25F4NO4/c1-17-2-4-18(5-3-17)14-28(37,26(36)34-21-7-8-22-19(12-21)15-38-25(22)35)16-27(10-11-27)23-13-20(29(31,32)33)6-9-24(23)30/h2-9,12-13,37H,10-11,14-16H2,1H3,(H,34,36). The second-order valence-electron chi connectivity index (χ2n) is 10.2. The number of alkyl halides is 3. The number of nitrogens with one attached hydrogen (secondary N) is 1. The van der Waals surface area contributed by atoms with E-state index in [9.17, 15) is 32.3 Å². The van der Waals surface area contributed by atoms with Crippen molar-refractivity contribution in [2.45, 2.75) is 56.4 Å². The molecule has 38 heavy (non-hydrogen) atoms. The zero-order chi connectivity index (χ0) is 27.3. The molecule has 1 saturated carbocycles. The minimum Gasteiger partial charge on any atom is -0.457 e. The van der Waals surface area contributed by atoms with Gasteiger partial charge in [-0.2, -0.15) is 13.2 Å². The van der Waals surface area contributed by atoms with E-state index in [1.807, 2.05) is 19.1 Å². The van der Waals surface area contributed by atoms with Crippen LogP contribution in [0.2, 0.25) is 0 Å². The number of hydrogen-bond acceptors (Lipinski definition) is 4. The fraction of sp³-hybridized carbons (Fsp3) is 0.310. The average molecular weight is 528 g/mol. The van der Waals surface area contributed by atoms with E-state index in [-0.39, 0.29) is 25.0 Å². The van der Waals surface area contributed by atoms with E-state index in [1.165, 1.54) is 12.1 Å². The second-order valence-corrected chi connectivity index (χ2v) is 10.2. The van der Waals surface area contributed by atoms with E-state index >= 15 is 0 Å². The lowest BCUT2D eigenvalue weighted by Crippen LogP contribution is -2.47. The third kappa shape index (κ3) is 5.03. The van der Waals surface area contributed by atoms with E-state index in [4.69, 9.17) is 4.74 Å². The van der Waals surface area contributed by atoms with Crippen molar-refractivity contribution in [3.8, 4) is 0 Å². The first-order valence-corrected chi connectivity index (χ1v) is 12.2. The van der Waals surface area contributed by atoms with Gasteiger partial charge in [-0.05, 0) is 73.7 Å². The van der Waals surface area contributed by atoms with Crippen LogP contribution in [0.1, 0.15) is 57.4 Å². The maximum absolute atomic E-state index is 14.9. The van der Waals surface area contributed by atoms with Gasteiger partial charge < -0.3 is 15.2 Å². The molecule has 1 aliphatic heterocycles. The number of amides is 1. The van der Waals surface area contributed by atoms with Gasteiger partial charge in [-0.15, -0.1) is 0 Å². The first-order valence-electron chi connectivity index (χ1n) is 12.2. The third-order valence-corrected chi connectivity index (χ3v) is 7.33. The van der Waals surface area contributed by atoms with Crippen LogP contribution in [-0.4, -0.2) is 22.6 Å². The van der Waals surface area contributed by atoms with E-state index < -0.39 is 40.4 Å². The normalized spacial score (nSPS) is 17.4. The molecule has 3 aromatic rings.